The van der Waals surface area contributed by atoms with Crippen molar-refractivity contribution in [3.63, 3.8) is 0 Å². The molecule has 0 fully saturated rings. The molecule has 0 aliphatic rings. The minimum absolute atomic E-state index is 0.156. The van der Waals surface area contributed by atoms with Crippen LogP contribution in [-0.4, -0.2) is 19.6 Å². The van der Waals surface area contributed by atoms with E-state index < -0.39 is 0 Å². The fraction of sp³-hybridized carbons (Fsp3) is 0. The summed E-state index contributed by atoms with van der Waals surface area (Å²) in [5.74, 6) is 0.156. The van der Waals surface area contributed by atoms with Gasteiger partial charge in [0.15, 0.2) is 5.65 Å². The number of aromatic nitrogens is 3. The molecule has 2 N–H and O–H groups in total. The highest BCUT2D eigenvalue weighted by Crippen LogP contribution is 2.30. The molecule has 0 atom stereocenters. The van der Waals surface area contributed by atoms with Gasteiger partial charge in [0.25, 0.3) is 5.56 Å². The monoisotopic (exact) mass is 303 g/mol. The molecule has 0 bridgehead atoms. The maximum Gasteiger partial charge on any atom is 0.260 e. The number of fused-ring (bicyclic) bond motifs is 1. The highest BCUT2D eigenvalue weighted by molar-refractivity contribution is 5.94. The molecule has 0 saturated heterocycles. The lowest BCUT2D eigenvalue weighted by atomic mass is 10.1. The summed E-state index contributed by atoms with van der Waals surface area (Å²) in [6, 6.07) is 16.6. The molecule has 2 aromatic carbocycles. The molecule has 23 heavy (non-hydrogen) atoms. The number of para-hydroxylation sites is 1. The largest absolute Gasteiger partial charge is 0.508 e. The van der Waals surface area contributed by atoms with Gasteiger partial charge < -0.3 is 14.7 Å². The first-order valence-corrected chi connectivity index (χ1v) is 7.17. The van der Waals surface area contributed by atoms with Gasteiger partial charge in [0, 0.05) is 17.4 Å². The molecule has 5 heteroatoms. The fourth-order valence-electron chi connectivity index (χ4n) is 2.75. The van der Waals surface area contributed by atoms with Gasteiger partial charge >= 0.3 is 0 Å². The van der Waals surface area contributed by atoms with E-state index >= 15 is 0 Å². The van der Waals surface area contributed by atoms with E-state index in [4.69, 9.17) is 0 Å². The fourth-order valence-corrected chi connectivity index (χ4v) is 2.75. The van der Waals surface area contributed by atoms with Gasteiger partial charge in [-0.1, -0.05) is 30.3 Å². The zero-order valence-corrected chi connectivity index (χ0v) is 12.1. The third-order valence-electron chi connectivity index (χ3n) is 3.78. The Morgan fingerprint density at radius 2 is 1.87 bits per heavy atom. The summed E-state index contributed by atoms with van der Waals surface area (Å²) in [6.45, 7) is 0. The summed E-state index contributed by atoms with van der Waals surface area (Å²) >= 11 is 0. The Hall–Kier alpha value is -3.34. The first kappa shape index (κ1) is 13.3. The summed E-state index contributed by atoms with van der Waals surface area (Å²) < 4.78 is 1.88. The van der Waals surface area contributed by atoms with Crippen LogP contribution in [-0.2, 0) is 0 Å². The number of aromatic amines is 1. The Balaban J connectivity index is 2.08. The van der Waals surface area contributed by atoms with Crippen molar-refractivity contribution in [1.82, 2.24) is 14.5 Å². The summed E-state index contributed by atoms with van der Waals surface area (Å²) in [6.07, 6.45) is 3.27. The van der Waals surface area contributed by atoms with E-state index in [1.807, 2.05) is 47.2 Å². The van der Waals surface area contributed by atoms with Gasteiger partial charge in [-0.2, -0.15) is 0 Å². The van der Waals surface area contributed by atoms with Crippen molar-refractivity contribution in [3.8, 4) is 22.6 Å². The molecule has 0 aliphatic carbocycles. The van der Waals surface area contributed by atoms with Gasteiger partial charge in [-0.3, -0.25) is 4.79 Å². The number of phenols is 1. The zero-order valence-electron chi connectivity index (χ0n) is 12.1. The third-order valence-corrected chi connectivity index (χ3v) is 3.78. The molecule has 0 amide bonds. The first-order chi connectivity index (χ1) is 11.2. The average Bonchev–Trinajstić information content (AvgIpc) is 2.97. The Bertz CT molecular complexity index is 1050. The second-order valence-corrected chi connectivity index (χ2v) is 5.23. The van der Waals surface area contributed by atoms with Crippen molar-refractivity contribution in [3.05, 3.63) is 77.5 Å². The van der Waals surface area contributed by atoms with Crippen LogP contribution in [0.15, 0.2) is 71.9 Å². The molecule has 112 valence electrons. The predicted octanol–water partition coefficient (Wildman–Crippen LogP) is 3.09. The molecule has 0 aliphatic heterocycles. The van der Waals surface area contributed by atoms with Crippen LogP contribution in [0.5, 0.6) is 5.75 Å². The summed E-state index contributed by atoms with van der Waals surface area (Å²) in [4.78, 5) is 19.3. The minimum Gasteiger partial charge on any atom is -0.508 e. The average molecular weight is 303 g/mol. The van der Waals surface area contributed by atoms with Gasteiger partial charge in [0.2, 0.25) is 0 Å². The molecule has 5 nitrogen and oxygen atoms in total. The summed E-state index contributed by atoms with van der Waals surface area (Å²) in [5, 5.41) is 10.2. The molecule has 2 aromatic heterocycles. The number of nitrogens with one attached hydrogen (secondary N) is 1. The maximum absolute atomic E-state index is 12.3. The predicted molar refractivity (Wildman–Crippen MR) is 88.8 cm³/mol. The topological polar surface area (TPSA) is 70.9 Å². The molecule has 0 radical (unpaired) electrons. The molecule has 0 saturated carbocycles. The lowest BCUT2D eigenvalue weighted by molar-refractivity contribution is 0.475. The minimum atomic E-state index is -0.206. The van der Waals surface area contributed by atoms with E-state index in [2.05, 4.69) is 9.97 Å². The highest BCUT2D eigenvalue weighted by atomic mass is 16.3. The summed E-state index contributed by atoms with van der Waals surface area (Å²) in [5.41, 5.74) is 2.79. The van der Waals surface area contributed by atoms with Crippen LogP contribution in [0.1, 0.15) is 0 Å². The van der Waals surface area contributed by atoms with Crippen LogP contribution >= 0.6 is 0 Å². The van der Waals surface area contributed by atoms with E-state index in [1.165, 1.54) is 6.33 Å². The smallest absolute Gasteiger partial charge is 0.260 e. The maximum atomic E-state index is 12.3. The molecule has 2 heterocycles. The Kier molecular flexibility index (Phi) is 2.98. The molecular formula is C18H13N3O2. The van der Waals surface area contributed by atoms with E-state index in [1.54, 1.807) is 18.2 Å². The number of benzene rings is 2. The van der Waals surface area contributed by atoms with Crippen LogP contribution in [0.25, 0.3) is 27.8 Å². The zero-order chi connectivity index (χ0) is 15.8. The molecule has 0 spiro atoms. The van der Waals surface area contributed by atoms with Crippen LogP contribution in [0, 0.1) is 0 Å². The second kappa shape index (κ2) is 5.14. The number of rotatable bonds is 2. The van der Waals surface area contributed by atoms with E-state index in [9.17, 15) is 9.90 Å². The SMILES string of the molecule is O=c1[nH]cnc2c1c(-c1cccc(O)c1)cn2-c1ccccc1. The van der Waals surface area contributed by atoms with Crippen molar-refractivity contribution in [2.45, 2.75) is 0 Å². The van der Waals surface area contributed by atoms with Gasteiger partial charge in [-0.25, -0.2) is 4.98 Å². The van der Waals surface area contributed by atoms with Crippen molar-refractivity contribution in [1.29, 1.82) is 0 Å². The normalized spacial score (nSPS) is 11.0. The lowest BCUT2D eigenvalue weighted by Crippen LogP contribution is -2.07. The Morgan fingerprint density at radius 3 is 2.65 bits per heavy atom. The molecule has 4 rings (SSSR count). The number of phenolic OH excluding ortho intramolecular Hbond substituents is 1. The Labute approximate surface area is 131 Å². The van der Waals surface area contributed by atoms with Crippen LogP contribution in [0.2, 0.25) is 0 Å². The number of hydrogen-bond donors (Lipinski definition) is 2. The molecule has 0 unspecified atom stereocenters. The van der Waals surface area contributed by atoms with Crippen LogP contribution in [0.4, 0.5) is 0 Å². The van der Waals surface area contributed by atoms with Gasteiger partial charge in [-0.05, 0) is 29.8 Å². The number of aromatic hydroxyl groups is 1. The third kappa shape index (κ3) is 2.19. The van der Waals surface area contributed by atoms with Gasteiger partial charge in [-0.15, -0.1) is 0 Å². The van der Waals surface area contributed by atoms with Gasteiger partial charge in [0.05, 0.1) is 11.7 Å². The van der Waals surface area contributed by atoms with Crippen molar-refractivity contribution in [2.75, 3.05) is 0 Å². The first-order valence-electron chi connectivity index (χ1n) is 7.17. The van der Waals surface area contributed by atoms with Gasteiger partial charge in [0.1, 0.15) is 5.75 Å². The van der Waals surface area contributed by atoms with E-state index in [0.29, 0.717) is 11.0 Å². The van der Waals surface area contributed by atoms with Crippen LogP contribution < -0.4 is 5.56 Å². The quantitative estimate of drug-likeness (QED) is 0.598. The highest BCUT2D eigenvalue weighted by Gasteiger charge is 2.15. The molecular weight excluding hydrogens is 290 g/mol. The van der Waals surface area contributed by atoms with Crippen molar-refractivity contribution < 1.29 is 5.11 Å². The Morgan fingerprint density at radius 1 is 1.04 bits per heavy atom. The van der Waals surface area contributed by atoms with Crippen molar-refractivity contribution >= 4 is 11.0 Å². The van der Waals surface area contributed by atoms with E-state index in [0.717, 1.165) is 16.8 Å². The number of nitrogens with zero attached hydrogens (tertiary/aromatic N) is 2. The number of hydrogen-bond acceptors (Lipinski definition) is 3. The standard InChI is InChI=1S/C18H13N3O2/c22-14-8-4-5-12(9-14)15-10-21(13-6-2-1-3-7-13)17-16(15)18(23)20-11-19-17/h1-11,22H,(H,19,20,23). The van der Waals surface area contributed by atoms with Crippen molar-refractivity contribution in [2.24, 2.45) is 0 Å². The molecule has 4 aromatic rings. The summed E-state index contributed by atoms with van der Waals surface area (Å²) in [7, 11) is 0. The van der Waals surface area contributed by atoms with E-state index in [-0.39, 0.29) is 11.3 Å². The van der Waals surface area contributed by atoms with Crippen LogP contribution in [0.3, 0.4) is 0 Å². The second-order valence-electron chi connectivity index (χ2n) is 5.23. The lowest BCUT2D eigenvalue weighted by Gasteiger charge is -2.03. The number of H-pyrrole nitrogens is 1.